The lowest BCUT2D eigenvalue weighted by molar-refractivity contribution is 0.0962. The maximum atomic E-state index is 12.8. The summed E-state index contributed by atoms with van der Waals surface area (Å²) in [4.78, 5) is 21.7. The van der Waals surface area contributed by atoms with Crippen molar-refractivity contribution in [2.24, 2.45) is 0 Å². The average Bonchev–Trinajstić information content (AvgIpc) is 3.13. The molecule has 0 amide bonds. The second-order valence-electron chi connectivity index (χ2n) is 7.52. The van der Waals surface area contributed by atoms with Gasteiger partial charge >= 0.3 is 0 Å². The van der Waals surface area contributed by atoms with E-state index < -0.39 is 0 Å². The third kappa shape index (κ3) is 5.74. The molecule has 2 aromatic heterocycles. The molecule has 0 spiro atoms. The molecule has 0 radical (unpaired) electrons. The van der Waals surface area contributed by atoms with Crippen molar-refractivity contribution in [3.63, 3.8) is 0 Å². The maximum Gasteiger partial charge on any atom is 0.167 e. The summed E-state index contributed by atoms with van der Waals surface area (Å²) in [6.07, 6.45) is 3.63. The molecule has 1 aliphatic heterocycles. The molecule has 3 aromatic rings. The van der Waals surface area contributed by atoms with Gasteiger partial charge in [0.1, 0.15) is 0 Å². The predicted octanol–water partition coefficient (Wildman–Crippen LogP) is 5.35. The first-order valence-corrected chi connectivity index (χ1v) is 11.2. The van der Waals surface area contributed by atoms with E-state index in [-0.39, 0.29) is 18.2 Å². The number of rotatable bonds is 6. The van der Waals surface area contributed by atoms with Gasteiger partial charge in [-0.3, -0.25) is 9.69 Å². The Morgan fingerprint density at radius 3 is 2.28 bits per heavy atom. The van der Waals surface area contributed by atoms with E-state index in [4.69, 9.17) is 34.8 Å². The van der Waals surface area contributed by atoms with E-state index in [9.17, 15) is 4.79 Å². The number of halogens is 4. The van der Waals surface area contributed by atoms with Crippen LogP contribution in [0.1, 0.15) is 22.5 Å². The fourth-order valence-corrected chi connectivity index (χ4v) is 4.38. The van der Waals surface area contributed by atoms with Crippen molar-refractivity contribution < 1.29 is 4.79 Å². The highest BCUT2D eigenvalue weighted by molar-refractivity contribution is 6.35. The second kappa shape index (κ2) is 10.9. The number of pyridine rings is 1. The van der Waals surface area contributed by atoms with Gasteiger partial charge in [-0.1, -0.05) is 34.8 Å². The first-order valence-electron chi connectivity index (χ1n) is 10.0. The molecule has 0 unspecified atom stereocenters. The normalized spacial score (nSPS) is 14.3. The Hall–Kier alpha value is -1.83. The van der Waals surface area contributed by atoms with Crippen LogP contribution in [0.15, 0.2) is 42.7 Å². The van der Waals surface area contributed by atoms with E-state index in [2.05, 4.69) is 19.9 Å². The van der Waals surface area contributed by atoms with Gasteiger partial charge in [-0.25, -0.2) is 9.67 Å². The van der Waals surface area contributed by atoms with Gasteiger partial charge in [0, 0.05) is 61.1 Å². The van der Waals surface area contributed by atoms with E-state index in [1.807, 2.05) is 19.1 Å². The molecule has 1 fully saturated rings. The molecule has 32 heavy (non-hydrogen) atoms. The molecule has 0 saturated carbocycles. The monoisotopic (exact) mass is 513 g/mol. The number of benzene rings is 1. The smallest absolute Gasteiger partial charge is 0.167 e. The van der Waals surface area contributed by atoms with Crippen LogP contribution in [0.3, 0.4) is 0 Å². The quantitative estimate of drug-likeness (QED) is 0.415. The zero-order chi connectivity index (χ0) is 22.0. The van der Waals surface area contributed by atoms with Crippen molar-refractivity contribution >= 4 is 58.7 Å². The number of hydrogen-bond acceptors (Lipinski definition) is 5. The van der Waals surface area contributed by atoms with Crippen LogP contribution < -0.4 is 4.90 Å². The first-order chi connectivity index (χ1) is 14.9. The van der Waals surface area contributed by atoms with E-state index >= 15 is 0 Å². The molecule has 1 aromatic carbocycles. The lowest BCUT2D eigenvalue weighted by atomic mass is 10.1. The highest BCUT2D eigenvalue weighted by Crippen LogP contribution is 2.26. The van der Waals surface area contributed by atoms with Crippen LogP contribution in [0.5, 0.6) is 0 Å². The zero-order valence-electron chi connectivity index (χ0n) is 17.5. The molecule has 1 aliphatic rings. The van der Waals surface area contributed by atoms with E-state index in [0.717, 1.165) is 37.6 Å². The summed E-state index contributed by atoms with van der Waals surface area (Å²) in [6, 6.07) is 9.14. The van der Waals surface area contributed by atoms with Crippen molar-refractivity contribution in [3.05, 3.63) is 69.1 Å². The second-order valence-corrected chi connectivity index (χ2v) is 8.83. The Morgan fingerprint density at radius 1 is 0.969 bits per heavy atom. The SMILES string of the molecule is Cc1c(C(=O)CCN2CCN(c3cc(Cl)cc(Cl)c3)CC2)cnn1-c1ccc(Cl)cn1.Cl. The summed E-state index contributed by atoms with van der Waals surface area (Å²) in [6.45, 7) is 6.08. The van der Waals surface area contributed by atoms with Gasteiger partial charge in [0.2, 0.25) is 0 Å². The summed E-state index contributed by atoms with van der Waals surface area (Å²) in [7, 11) is 0. The minimum atomic E-state index is 0. The molecule has 1 saturated heterocycles. The molecule has 6 nitrogen and oxygen atoms in total. The third-order valence-electron chi connectivity index (χ3n) is 5.48. The van der Waals surface area contributed by atoms with Crippen molar-refractivity contribution in [2.45, 2.75) is 13.3 Å². The summed E-state index contributed by atoms with van der Waals surface area (Å²) >= 11 is 18.2. The minimum absolute atomic E-state index is 0. The van der Waals surface area contributed by atoms with Gasteiger partial charge < -0.3 is 4.90 Å². The van der Waals surface area contributed by atoms with Crippen LogP contribution in [0.25, 0.3) is 5.82 Å². The number of piperazine rings is 1. The first kappa shape index (κ1) is 24.8. The summed E-state index contributed by atoms with van der Waals surface area (Å²) in [5.74, 6) is 0.722. The summed E-state index contributed by atoms with van der Waals surface area (Å²) in [5, 5.41) is 6.17. The third-order valence-corrected chi connectivity index (χ3v) is 6.14. The van der Waals surface area contributed by atoms with Crippen molar-refractivity contribution in [2.75, 3.05) is 37.6 Å². The molecular formula is C22H23Cl4N5O. The van der Waals surface area contributed by atoms with Crippen LogP contribution in [-0.4, -0.2) is 58.2 Å². The Balaban J connectivity index is 0.00000289. The number of anilines is 1. The van der Waals surface area contributed by atoms with Gasteiger partial charge in [-0.2, -0.15) is 5.10 Å². The lowest BCUT2D eigenvalue weighted by Gasteiger charge is -2.36. The van der Waals surface area contributed by atoms with Crippen LogP contribution in [0.4, 0.5) is 5.69 Å². The fraction of sp³-hybridized carbons (Fsp3) is 0.318. The highest BCUT2D eigenvalue weighted by atomic mass is 35.5. The molecule has 0 N–H and O–H groups in total. The van der Waals surface area contributed by atoms with Crippen molar-refractivity contribution in [1.82, 2.24) is 19.7 Å². The number of carbonyl (C=O) groups is 1. The Morgan fingerprint density at radius 2 is 1.66 bits per heavy atom. The van der Waals surface area contributed by atoms with E-state index in [1.165, 1.54) is 0 Å². The number of Topliss-reactive ketones (excluding diaryl/α,β-unsaturated/α-hetero) is 1. The average molecular weight is 515 g/mol. The van der Waals surface area contributed by atoms with Crippen molar-refractivity contribution in [3.8, 4) is 5.82 Å². The molecule has 170 valence electrons. The number of aromatic nitrogens is 3. The molecule has 10 heteroatoms. The van der Waals surface area contributed by atoms with Gasteiger partial charge in [0.15, 0.2) is 11.6 Å². The molecule has 0 aliphatic carbocycles. The number of nitrogens with zero attached hydrogens (tertiary/aromatic N) is 5. The maximum absolute atomic E-state index is 12.8. The largest absolute Gasteiger partial charge is 0.369 e. The minimum Gasteiger partial charge on any atom is -0.369 e. The van der Waals surface area contributed by atoms with Crippen LogP contribution in [0.2, 0.25) is 15.1 Å². The van der Waals surface area contributed by atoms with E-state index in [0.29, 0.717) is 39.4 Å². The van der Waals surface area contributed by atoms with E-state index in [1.54, 1.807) is 35.3 Å². The Labute approximate surface area is 208 Å². The molecule has 3 heterocycles. The lowest BCUT2D eigenvalue weighted by Crippen LogP contribution is -2.46. The fourth-order valence-electron chi connectivity index (χ4n) is 3.75. The molecular weight excluding hydrogens is 492 g/mol. The van der Waals surface area contributed by atoms with Crippen molar-refractivity contribution in [1.29, 1.82) is 0 Å². The molecule has 0 atom stereocenters. The Kier molecular flexibility index (Phi) is 8.42. The number of carbonyl (C=O) groups excluding carboxylic acids is 1. The van der Waals surface area contributed by atoms with Crippen LogP contribution in [0, 0.1) is 6.92 Å². The summed E-state index contributed by atoms with van der Waals surface area (Å²) in [5.41, 5.74) is 2.44. The Bertz CT molecular complexity index is 1060. The topological polar surface area (TPSA) is 54.3 Å². The van der Waals surface area contributed by atoms with Gasteiger partial charge in [-0.05, 0) is 37.3 Å². The zero-order valence-corrected chi connectivity index (χ0v) is 20.6. The molecule has 4 rings (SSSR count). The highest BCUT2D eigenvalue weighted by Gasteiger charge is 2.20. The molecule has 0 bridgehead atoms. The van der Waals surface area contributed by atoms with Gasteiger partial charge in [0.25, 0.3) is 0 Å². The van der Waals surface area contributed by atoms with Crippen LogP contribution >= 0.6 is 47.2 Å². The summed E-state index contributed by atoms with van der Waals surface area (Å²) < 4.78 is 1.67. The predicted molar refractivity (Wildman–Crippen MR) is 132 cm³/mol. The number of hydrogen-bond donors (Lipinski definition) is 0. The number of ketones is 1. The van der Waals surface area contributed by atoms with Crippen LogP contribution in [-0.2, 0) is 0 Å². The van der Waals surface area contributed by atoms with Gasteiger partial charge in [-0.15, -0.1) is 12.4 Å². The van der Waals surface area contributed by atoms with Gasteiger partial charge in [0.05, 0.1) is 22.5 Å². The standard InChI is InChI=1S/C22H22Cl3N5O.ClH/c1-15-20(14-27-30(15)22-3-2-16(23)13-26-22)21(31)4-5-28-6-8-29(9-7-28)19-11-17(24)10-18(25)12-19;/h2-3,10-14H,4-9H2,1H3;1H.